The van der Waals surface area contributed by atoms with Crippen LogP contribution in [0.3, 0.4) is 0 Å². The average molecular weight is 372 g/mol. The molecule has 9 nitrogen and oxygen atoms in total. The lowest BCUT2D eigenvalue weighted by molar-refractivity contribution is -0.385. The average Bonchev–Trinajstić information content (AvgIpc) is 2.64. The summed E-state index contributed by atoms with van der Waals surface area (Å²) in [6, 6.07) is 9.78. The first kappa shape index (κ1) is 19.7. The van der Waals surface area contributed by atoms with Crippen LogP contribution in [0.5, 0.6) is 11.5 Å². The molecule has 0 fully saturated rings. The number of hydrogen-bond donors (Lipinski definition) is 3. The van der Waals surface area contributed by atoms with Crippen LogP contribution in [0.4, 0.5) is 11.4 Å². The van der Waals surface area contributed by atoms with Crippen molar-refractivity contribution in [2.24, 2.45) is 5.10 Å². The molecule has 0 radical (unpaired) electrons. The minimum absolute atomic E-state index is 0.00664. The second kappa shape index (κ2) is 9.18. The van der Waals surface area contributed by atoms with Crippen LogP contribution >= 0.6 is 0 Å². The maximum atomic E-state index is 11.9. The molecule has 142 valence electrons. The number of nitro groups is 1. The maximum Gasteiger partial charge on any atom is 0.274 e. The smallest absolute Gasteiger partial charge is 0.274 e. The highest BCUT2D eigenvalue weighted by Crippen LogP contribution is 2.33. The van der Waals surface area contributed by atoms with E-state index in [0.717, 1.165) is 29.6 Å². The van der Waals surface area contributed by atoms with E-state index in [2.05, 4.69) is 15.8 Å². The van der Waals surface area contributed by atoms with E-state index in [1.807, 2.05) is 31.2 Å². The van der Waals surface area contributed by atoms with Crippen molar-refractivity contribution in [3.63, 3.8) is 0 Å². The number of hydrazone groups is 1. The molecule has 0 spiro atoms. The van der Waals surface area contributed by atoms with E-state index in [9.17, 15) is 20.0 Å². The van der Waals surface area contributed by atoms with E-state index in [1.165, 1.54) is 0 Å². The third-order valence-electron chi connectivity index (χ3n) is 3.58. The first-order chi connectivity index (χ1) is 12.9. The largest absolute Gasteiger partial charge is 0.504 e. The van der Waals surface area contributed by atoms with Crippen molar-refractivity contribution in [2.45, 2.75) is 13.8 Å². The van der Waals surface area contributed by atoms with Crippen LogP contribution in [0.25, 0.3) is 0 Å². The van der Waals surface area contributed by atoms with Crippen LogP contribution in [-0.2, 0) is 4.79 Å². The minimum atomic E-state index is -0.607. The SMILES string of the molecule is CCOc1cc([N+](=O)[O-])cc(/C=N\NC(=O)CNc2ccccc2C)c1O. The number of rotatable bonds is 8. The summed E-state index contributed by atoms with van der Waals surface area (Å²) in [6.07, 6.45) is 1.12. The molecule has 0 heterocycles. The summed E-state index contributed by atoms with van der Waals surface area (Å²) < 4.78 is 5.18. The van der Waals surface area contributed by atoms with Crippen LogP contribution < -0.4 is 15.5 Å². The summed E-state index contributed by atoms with van der Waals surface area (Å²) in [5.74, 6) is -0.733. The highest BCUT2D eigenvalue weighted by molar-refractivity contribution is 5.88. The highest BCUT2D eigenvalue weighted by Gasteiger charge is 2.16. The zero-order valence-electron chi connectivity index (χ0n) is 14.9. The van der Waals surface area contributed by atoms with E-state index < -0.39 is 10.8 Å². The van der Waals surface area contributed by atoms with Gasteiger partial charge in [-0.2, -0.15) is 5.10 Å². The fraction of sp³-hybridized carbons (Fsp3) is 0.222. The first-order valence-electron chi connectivity index (χ1n) is 8.18. The van der Waals surface area contributed by atoms with E-state index in [-0.39, 0.29) is 35.9 Å². The lowest BCUT2D eigenvalue weighted by Gasteiger charge is -2.09. The zero-order valence-corrected chi connectivity index (χ0v) is 14.9. The Morgan fingerprint density at radius 1 is 1.37 bits per heavy atom. The number of phenols is 1. The Kier molecular flexibility index (Phi) is 6.70. The number of nitrogens with zero attached hydrogens (tertiary/aromatic N) is 2. The molecule has 1 amide bonds. The summed E-state index contributed by atoms with van der Waals surface area (Å²) in [5.41, 5.74) is 3.92. The van der Waals surface area contributed by atoms with Crippen LogP contribution in [0.2, 0.25) is 0 Å². The van der Waals surface area contributed by atoms with Gasteiger partial charge < -0.3 is 15.2 Å². The van der Waals surface area contributed by atoms with Crippen LogP contribution in [-0.4, -0.2) is 35.3 Å². The molecule has 2 aromatic carbocycles. The summed E-state index contributed by atoms with van der Waals surface area (Å²) in [6.45, 7) is 3.83. The Morgan fingerprint density at radius 2 is 2.11 bits per heavy atom. The molecular formula is C18H20N4O5. The van der Waals surface area contributed by atoms with Gasteiger partial charge in [-0.3, -0.25) is 14.9 Å². The molecule has 3 N–H and O–H groups in total. The number of ether oxygens (including phenoxy) is 1. The standard InChI is InChI=1S/C18H20N4O5/c1-3-27-16-9-14(22(25)26)8-13(18(16)24)10-20-21-17(23)11-19-15-7-5-4-6-12(15)2/h4-10,19,24H,3,11H2,1-2H3,(H,21,23)/b20-10-. The van der Waals surface area contributed by atoms with Crippen molar-refractivity contribution >= 4 is 23.5 Å². The van der Waals surface area contributed by atoms with Crippen molar-refractivity contribution in [3.05, 3.63) is 57.6 Å². The van der Waals surface area contributed by atoms with Crippen LogP contribution in [0, 0.1) is 17.0 Å². The summed E-state index contributed by atoms with van der Waals surface area (Å²) in [4.78, 5) is 22.3. The van der Waals surface area contributed by atoms with Gasteiger partial charge in [0.1, 0.15) is 0 Å². The first-order valence-corrected chi connectivity index (χ1v) is 8.18. The number of amides is 1. The monoisotopic (exact) mass is 372 g/mol. The summed E-state index contributed by atoms with van der Waals surface area (Å²) in [7, 11) is 0. The number of phenolic OH excluding ortho intramolecular Hbond substituents is 1. The van der Waals surface area contributed by atoms with Crippen LogP contribution in [0.15, 0.2) is 41.5 Å². The lowest BCUT2D eigenvalue weighted by atomic mass is 10.1. The fourth-order valence-electron chi connectivity index (χ4n) is 2.24. The fourth-order valence-corrected chi connectivity index (χ4v) is 2.24. The summed E-state index contributed by atoms with van der Waals surface area (Å²) in [5, 5.41) is 27.8. The molecular weight excluding hydrogens is 352 g/mol. The number of anilines is 1. The number of non-ortho nitro benzene ring substituents is 1. The van der Waals surface area contributed by atoms with Crippen molar-refractivity contribution in [3.8, 4) is 11.5 Å². The molecule has 0 atom stereocenters. The third-order valence-corrected chi connectivity index (χ3v) is 3.58. The van der Waals surface area contributed by atoms with E-state index in [4.69, 9.17) is 4.74 Å². The number of aryl methyl sites for hydroxylation is 1. The number of aromatic hydroxyl groups is 1. The van der Waals surface area contributed by atoms with Crippen molar-refractivity contribution < 1.29 is 19.6 Å². The van der Waals surface area contributed by atoms with Gasteiger partial charge in [-0.25, -0.2) is 5.43 Å². The Morgan fingerprint density at radius 3 is 2.78 bits per heavy atom. The maximum absolute atomic E-state index is 11.9. The minimum Gasteiger partial charge on any atom is -0.504 e. The Hall–Kier alpha value is -3.62. The molecule has 0 aliphatic rings. The zero-order chi connectivity index (χ0) is 19.8. The molecule has 0 saturated heterocycles. The molecule has 0 unspecified atom stereocenters. The molecule has 0 saturated carbocycles. The molecule has 9 heteroatoms. The predicted octanol–water partition coefficient (Wildman–Crippen LogP) is 2.57. The van der Waals surface area contributed by atoms with Gasteiger partial charge in [0.15, 0.2) is 11.5 Å². The van der Waals surface area contributed by atoms with Crippen molar-refractivity contribution in [1.82, 2.24) is 5.43 Å². The molecule has 0 aliphatic carbocycles. The Bertz CT molecular complexity index is 867. The molecule has 0 aromatic heterocycles. The van der Waals surface area contributed by atoms with Gasteiger partial charge in [0.2, 0.25) is 0 Å². The van der Waals surface area contributed by atoms with Gasteiger partial charge in [-0.05, 0) is 25.5 Å². The van der Waals surface area contributed by atoms with Gasteiger partial charge >= 0.3 is 0 Å². The van der Waals surface area contributed by atoms with Gasteiger partial charge in [-0.1, -0.05) is 18.2 Å². The predicted molar refractivity (Wildman–Crippen MR) is 101 cm³/mol. The quantitative estimate of drug-likeness (QED) is 0.371. The number of nitro benzene ring substituents is 1. The number of carbonyl (C=O) groups is 1. The second-order valence-corrected chi connectivity index (χ2v) is 5.53. The van der Waals surface area contributed by atoms with Crippen molar-refractivity contribution in [1.29, 1.82) is 0 Å². The van der Waals surface area contributed by atoms with Gasteiger partial charge in [0.05, 0.1) is 30.4 Å². The van der Waals surface area contributed by atoms with E-state index in [1.54, 1.807) is 6.92 Å². The molecule has 2 rings (SSSR count). The van der Waals surface area contributed by atoms with Gasteiger partial charge in [-0.15, -0.1) is 0 Å². The number of para-hydroxylation sites is 1. The van der Waals surface area contributed by atoms with E-state index in [0.29, 0.717) is 0 Å². The number of benzene rings is 2. The van der Waals surface area contributed by atoms with Crippen LogP contribution in [0.1, 0.15) is 18.1 Å². The Labute approximate surface area is 155 Å². The van der Waals surface area contributed by atoms with E-state index >= 15 is 0 Å². The number of hydrogen-bond acceptors (Lipinski definition) is 7. The molecule has 27 heavy (non-hydrogen) atoms. The summed E-state index contributed by atoms with van der Waals surface area (Å²) >= 11 is 0. The normalized spacial score (nSPS) is 10.6. The number of nitrogens with one attached hydrogen (secondary N) is 2. The van der Waals surface area contributed by atoms with Gasteiger partial charge in [0.25, 0.3) is 11.6 Å². The number of carbonyl (C=O) groups excluding carboxylic acids is 1. The second-order valence-electron chi connectivity index (χ2n) is 5.53. The molecule has 2 aromatic rings. The Balaban J connectivity index is 2.03. The van der Waals surface area contributed by atoms with Crippen molar-refractivity contribution in [2.75, 3.05) is 18.5 Å². The van der Waals surface area contributed by atoms with Gasteiger partial charge in [0, 0.05) is 17.3 Å². The molecule has 0 aliphatic heterocycles. The molecule has 0 bridgehead atoms. The highest BCUT2D eigenvalue weighted by atomic mass is 16.6. The third kappa shape index (κ3) is 5.43. The topological polar surface area (TPSA) is 126 Å². The lowest BCUT2D eigenvalue weighted by Crippen LogP contribution is -2.26.